The number of rotatable bonds is 10. The lowest BCUT2D eigenvalue weighted by atomic mass is 10.0. The molecule has 0 aliphatic heterocycles. The summed E-state index contributed by atoms with van der Waals surface area (Å²) in [5.74, 6) is -0.773. The number of hydrogen-bond donors (Lipinski definition) is 1. The molecule has 0 bridgehead atoms. The highest BCUT2D eigenvalue weighted by Crippen LogP contribution is 2.13. The summed E-state index contributed by atoms with van der Waals surface area (Å²) in [6.45, 7) is 8.93. The fourth-order valence-corrected chi connectivity index (χ4v) is 2.00. The second-order valence-corrected chi connectivity index (χ2v) is 6.05. The summed E-state index contributed by atoms with van der Waals surface area (Å²) in [4.78, 5) is 21.8. The number of allylic oxidation sites excluding steroid dienone is 3. The van der Waals surface area contributed by atoms with Crippen molar-refractivity contribution in [2.75, 3.05) is 13.2 Å². The van der Waals surface area contributed by atoms with Gasteiger partial charge in [-0.3, -0.25) is 9.59 Å². The van der Waals surface area contributed by atoms with E-state index < -0.39 is 12.1 Å². The Hall–Kier alpha value is -1.88. The number of esters is 2. The Bertz CT molecular complexity index is 496. The minimum absolute atomic E-state index is 0.0817. The third-order valence-corrected chi connectivity index (χ3v) is 3.16. The normalized spacial score (nSPS) is 13.2. The topological polar surface area (TPSA) is 72.8 Å². The lowest BCUT2D eigenvalue weighted by molar-refractivity contribution is -0.141. The Balaban J connectivity index is 4.64. The molecule has 24 heavy (non-hydrogen) atoms. The molecule has 1 atom stereocenters. The van der Waals surface area contributed by atoms with Crippen LogP contribution in [0.2, 0.25) is 0 Å². The quantitative estimate of drug-likeness (QED) is 0.488. The molecule has 136 valence electrons. The van der Waals surface area contributed by atoms with Crippen LogP contribution in [-0.4, -0.2) is 36.4 Å². The Morgan fingerprint density at radius 3 is 2.17 bits per heavy atom. The highest BCUT2D eigenvalue weighted by Gasteiger charge is 2.08. The molecule has 0 aromatic carbocycles. The highest BCUT2D eigenvalue weighted by atomic mass is 16.5. The van der Waals surface area contributed by atoms with E-state index in [2.05, 4.69) is 19.9 Å². The van der Waals surface area contributed by atoms with Crippen molar-refractivity contribution in [1.29, 1.82) is 0 Å². The Morgan fingerprint density at radius 1 is 1.00 bits per heavy atom. The van der Waals surface area contributed by atoms with Crippen LogP contribution in [0.1, 0.15) is 53.9 Å². The minimum atomic E-state index is -0.671. The van der Waals surface area contributed by atoms with Crippen molar-refractivity contribution in [2.45, 2.75) is 60.0 Å². The standard InChI is InChI=1S/C19H30O5/c1-14(2)7-6-8-15(3)11-19(22)12-18(13-24-17(5)21)9-10-23-16(4)20/h7,9,11,19,22H,6,8,10,12-13H2,1-5H3. The Kier molecular flexibility index (Phi) is 11.5. The molecule has 5 nitrogen and oxygen atoms in total. The molecule has 0 aromatic rings. The fraction of sp³-hybridized carbons (Fsp3) is 0.579. The second kappa shape index (κ2) is 12.5. The van der Waals surface area contributed by atoms with Crippen molar-refractivity contribution in [3.8, 4) is 0 Å². The maximum Gasteiger partial charge on any atom is 0.302 e. The van der Waals surface area contributed by atoms with Crippen LogP contribution in [0, 0.1) is 0 Å². The van der Waals surface area contributed by atoms with Gasteiger partial charge in [-0.05, 0) is 45.3 Å². The van der Waals surface area contributed by atoms with Crippen LogP contribution in [0.25, 0.3) is 0 Å². The molecular weight excluding hydrogens is 308 g/mol. The maximum atomic E-state index is 11.0. The van der Waals surface area contributed by atoms with Crippen molar-refractivity contribution >= 4 is 11.9 Å². The molecule has 0 saturated carbocycles. The highest BCUT2D eigenvalue weighted by molar-refractivity contribution is 5.66. The fourth-order valence-electron chi connectivity index (χ4n) is 2.00. The summed E-state index contributed by atoms with van der Waals surface area (Å²) in [6, 6.07) is 0. The van der Waals surface area contributed by atoms with Gasteiger partial charge in [0, 0.05) is 20.3 Å². The van der Waals surface area contributed by atoms with Crippen molar-refractivity contribution < 1.29 is 24.2 Å². The molecule has 0 aliphatic carbocycles. The molecule has 0 saturated heterocycles. The number of carbonyl (C=O) groups excluding carboxylic acids is 2. The summed E-state index contributed by atoms with van der Waals surface area (Å²) < 4.78 is 9.83. The van der Waals surface area contributed by atoms with Gasteiger partial charge in [-0.15, -0.1) is 0 Å². The molecule has 0 aromatic heterocycles. The predicted molar refractivity (Wildman–Crippen MR) is 94.4 cm³/mol. The van der Waals surface area contributed by atoms with Gasteiger partial charge in [0.05, 0.1) is 6.10 Å². The zero-order chi connectivity index (χ0) is 18.5. The monoisotopic (exact) mass is 338 g/mol. The first-order valence-electron chi connectivity index (χ1n) is 8.14. The first-order valence-corrected chi connectivity index (χ1v) is 8.14. The molecule has 1 N–H and O–H groups in total. The number of aliphatic hydroxyl groups excluding tert-OH is 1. The van der Waals surface area contributed by atoms with Gasteiger partial charge in [0.2, 0.25) is 0 Å². The van der Waals surface area contributed by atoms with Crippen LogP contribution >= 0.6 is 0 Å². The van der Waals surface area contributed by atoms with Crippen LogP contribution in [-0.2, 0) is 19.1 Å². The van der Waals surface area contributed by atoms with Crippen LogP contribution in [0.15, 0.2) is 34.9 Å². The molecule has 0 heterocycles. The molecule has 0 aliphatic rings. The van der Waals surface area contributed by atoms with Crippen molar-refractivity contribution in [3.05, 3.63) is 34.9 Å². The van der Waals surface area contributed by atoms with Crippen molar-refractivity contribution in [2.24, 2.45) is 0 Å². The van der Waals surface area contributed by atoms with Gasteiger partial charge in [-0.1, -0.05) is 23.3 Å². The molecule has 0 radical (unpaired) electrons. The van der Waals surface area contributed by atoms with Crippen molar-refractivity contribution in [3.63, 3.8) is 0 Å². The Labute approximate surface area is 145 Å². The van der Waals surface area contributed by atoms with Crippen LogP contribution in [0.3, 0.4) is 0 Å². The summed E-state index contributed by atoms with van der Waals surface area (Å²) in [6.07, 6.45) is 7.13. The average Bonchev–Trinajstić information content (AvgIpc) is 2.43. The summed E-state index contributed by atoms with van der Waals surface area (Å²) in [5, 5.41) is 10.2. The van der Waals surface area contributed by atoms with Crippen LogP contribution in [0.4, 0.5) is 0 Å². The van der Waals surface area contributed by atoms with Gasteiger partial charge >= 0.3 is 11.9 Å². The van der Waals surface area contributed by atoms with Crippen LogP contribution < -0.4 is 0 Å². The van der Waals surface area contributed by atoms with Gasteiger partial charge < -0.3 is 14.6 Å². The van der Waals surface area contributed by atoms with Gasteiger partial charge in [0.25, 0.3) is 0 Å². The second-order valence-electron chi connectivity index (χ2n) is 6.05. The smallest absolute Gasteiger partial charge is 0.302 e. The zero-order valence-corrected chi connectivity index (χ0v) is 15.4. The molecule has 0 fully saturated rings. The van der Waals surface area contributed by atoms with Crippen LogP contribution in [0.5, 0.6) is 0 Å². The molecule has 0 rings (SSSR count). The number of carbonyl (C=O) groups is 2. The van der Waals surface area contributed by atoms with E-state index in [-0.39, 0.29) is 19.2 Å². The third kappa shape index (κ3) is 13.8. The number of aliphatic hydroxyl groups is 1. The van der Waals surface area contributed by atoms with Gasteiger partial charge in [-0.2, -0.15) is 0 Å². The van der Waals surface area contributed by atoms with E-state index >= 15 is 0 Å². The average molecular weight is 338 g/mol. The predicted octanol–water partition coefficient (Wildman–Crippen LogP) is 3.48. The van der Waals surface area contributed by atoms with E-state index in [1.807, 2.05) is 13.0 Å². The summed E-state index contributed by atoms with van der Waals surface area (Å²) in [5.41, 5.74) is 3.10. The summed E-state index contributed by atoms with van der Waals surface area (Å²) in [7, 11) is 0. The lowest BCUT2D eigenvalue weighted by Crippen LogP contribution is -2.11. The van der Waals surface area contributed by atoms with E-state index in [4.69, 9.17) is 9.47 Å². The largest absolute Gasteiger partial charge is 0.462 e. The lowest BCUT2D eigenvalue weighted by Gasteiger charge is -2.12. The molecule has 0 spiro atoms. The number of hydrogen-bond acceptors (Lipinski definition) is 5. The van der Waals surface area contributed by atoms with E-state index in [1.165, 1.54) is 19.4 Å². The molecule has 0 amide bonds. The number of ether oxygens (including phenoxy) is 2. The van der Waals surface area contributed by atoms with Gasteiger partial charge in [0.15, 0.2) is 0 Å². The van der Waals surface area contributed by atoms with E-state index in [1.54, 1.807) is 6.08 Å². The van der Waals surface area contributed by atoms with Crippen molar-refractivity contribution in [1.82, 2.24) is 0 Å². The first kappa shape index (κ1) is 22.1. The van der Waals surface area contributed by atoms with E-state index in [9.17, 15) is 14.7 Å². The zero-order valence-electron chi connectivity index (χ0n) is 15.4. The maximum absolute atomic E-state index is 11.0. The molecule has 1 unspecified atom stereocenters. The molecule has 5 heteroatoms. The van der Waals surface area contributed by atoms with E-state index in [0.29, 0.717) is 12.0 Å². The van der Waals surface area contributed by atoms with E-state index in [0.717, 1.165) is 18.4 Å². The summed E-state index contributed by atoms with van der Waals surface area (Å²) >= 11 is 0. The Morgan fingerprint density at radius 2 is 1.62 bits per heavy atom. The third-order valence-electron chi connectivity index (χ3n) is 3.16. The minimum Gasteiger partial charge on any atom is -0.462 e. The SMILES string of the molecule is CC(=O)OCC=C(COC(C)=O)CC(O)C=C(C)CCC=C(C)C. The van der Waals surface area contributed by atoms with Gasteiger partial charge in [-0.25, -0.2) is 0 Å². The van der Waals surface area contributed by atoms with Gasteiger partial charge in [0.1, 0.15) is 13.2 Å². The molecular formula is C19H30O5. The first-order chi connectivity index (χ1) is 11.2.